The van der Waals surface area contributed by atoms with Crippen LogP contribution in [0.4, 0.5) is 4.39 Å². The number of aryl methyl sites for hydroxylation is 2. The molecule has 0 spiro atoms. The molecule has 1 aromatic heterocycles. The fourth-order valence-corrected chi connectivity index (χ4v) is 5.86. The molecule has 0 radical (unpaired) electrons. The van der Waals surface area contributed by atoms with Crippen molar-refractivity contribution in [3.63, 3.8) is 0 Å². The second kappa shape index (κ2) is 9.11. The van der Waals surface area contributed by atoms with E-state index in [0.29, 0.717) is 36.8 Å². The van der Waals surface area contributed by atoms with Gasteiger partial charge in [-0.1, -0.05) is 5.16 Å². The maximum atomic E-state index is 13.5. The number of aromatic nitrogens is 2. The number of hydrogen-bond acceptors (Lipinski definition) is 6. The van der Waals surface area contributed by atoms with Crippen molar-refractivity contribution in [1.29, 1.82) is 0 Å². The fraction of sp³-hybridized carbons (Fsp3) is 0.619. The standard InChI is InChI=1S/C21H28FN3O4S/c1-15-13-18(5-6-19(15)22)30(26,27)25-10-2-3-16(14-25)4-7-20-23-21(29-24-20)17-8-11-28-12-9-17/h5-6,13,16-17H,2-4,7-12,14H2,1H3. The van der Waals surface area contributed by atoms with Crippen LogP contribution in [0.3, 0.4) is 0 Å². The molecule has 7 nitrogen and oxygen atoms in total. The van der Waals surface area contributed by atoms with E-state index in [9.17, 15) is 12.8 Å². The number of halogens is 1. The first-order chi connectivity index (χ1) is 14.4. The molecular weight excluding hydrogens is 409 g/mol. The van der Waals surface area contributed by atoms with E-state index in [1.807, 2.05) is 0 Å². The van der Waals surface area contributed by atoms with Gasteiger partial charge in [0.15, 0.2) is 5.82 Å². The van der Waals surface area contributed by atoms with Crippen molar-refractivity contribution in [3.8, 4) is 0 Å². The number of hydrogen-bond donors (Lipinski definition) is 0. The lowest BCUT2D eigenvalue weighted by Crippen LogP contribution is -2.40. The van der Waals surface area contributed by atoms with Crippen molar-refractivity contribution in [2.75, 3.05) is 26.3 Å². The summed E-state index contributed by atoms with van der Waals surface area (Å²) in [4.78, 5) is 4.70. The molecule has 0 bridgehead atoms. The maximum absolute atomic E-state index is 13.5. The first-order valence-electron chi connectivity index (χ1n) is 10.6. The Bertz CT molecular complexity index is 972. The summed E-state index contributed by atoms with van der Waals surface area (Å²) in [5, 5.41) is 4.11. The van der Waals surface area contributed by atoms with Gasteiger partial charge in [0.2, 0.25) is 15.9 Å². The summed E-state index contributed by atoms with van der Waals surface area (Å²) in [6.07, 6.45) is 5.06. The van der Waals surface area contributed by atoms with E-state index in [0.717, 1.165) is 45.3 Å². The minimum absolute atomic E-state index is 0.154. The second-order valence-electron chi connectivity index (χ2n) is 8.26. The highest BCUT2D eigenvalue weighted by Crippen LogP contribution is 2.28. The molecule has 1 unspecified atom stereocenters. The minimum Gasteiger partial charge on any atom is -0.381 e. The average Bonchev–Trinajstić information content (AvgIpc) is 3.24. The Balaban J connectivity index is 1.36. The van der Waals surface area contributed by atoms with Gasteiger partial charge in [0.1, 0.15) is 5.82 Å². The van der Waals surface area contributed by atoms with E-state index in [-0.39, 0.29) is 16.7 Å². The molecule has 30 heavy (non-hydrogen) atoms. The van der Waals surface area contributed by atoms with Gasteiger partial charge in [-0.2, -0.15) is 9.29 Å². The maximum Gasteiger partial charge on any atom is 0.243 e. The molecule has 2 saturated heterocycles. The van der Waals surface area contributed by atoms with Crippen LogP contribution in [-0.2, 0) is 21.2 Å². The molecule has 1 aromatic carbocycles. The first kappa shape index (κ1) is 21.4. The summed E-state index contributed by atoms with van der Waals surface area (Å²) in [6, 6.07) is 3.97. The smallest absolute Gasteiger partial charge is 0.243 e. The Morgan fingerprint density at radius 2 is 2.03 bits per heavy atom. The van der Waals surface area contributed by atoms with Crippen LogP contribution in [0, 0.1) is 18.7 Å². The van der Waals surface area contributed by atoms with Crippen molar-refractivity contribution >= 4 is 10.0 Å². The van der Waals surface area contributed by atoms with E-state index >= 15 is 0 Å². The molecular formula is C21H28FN3O4S. The lowest BCUT2D eigenvalue weighted by Gasteiger charge is -2.32. The van der Waals surface area contributed by atoms with E-state index in [1.165, 1.54) is 22.5 Å². The van der Waals surface area contributed by atoms with Gasteiger partial charge in [-0.3, -0.25) is 0 Å². The zero-order valence-electron chi connectivity index (χ0n) is 17.2. The topological polar surface area (TPSA) is 85.5 Å². The van der Waals surface area contributed by atoms with Crippen LogP contribution in [0.5, 0.6) is 0 Å². The molecule has 0 aliphatic carbocycles. The van der Waals surface area contributed by atoms with Crippen LogP contribution in [0.2, 0.25) is 0 Å². The quantitative estimate of drug-likeness (QED) is 0.688. The lowest BCUT2D eigenvalue weighted by molar-refractivity contribution is 0.0778. The van der Waals surface area contributed by atoms with Crippen molar-refractivity contribution in [2.45, 2.75) is 56.3 Å². The zero-order chi connectivity index (χ0) is 21.1. The van der Waals surface area contributed by atoms with Gasteiger partial charge in [-0.05, 0) is 68.7 Å². The van der Waals surface area contributed by atoms with Gasteiger partial charge >= 0.3 is 0 Å². The van der Waals surface area contributed by atoms with E-state index in [4.69, 9.17) is 9.26 Å². The summed E-state index contributed by atoms with van der Waals surface area (Å²) < 4.78 is 51.9. The van der Waals surface area contributed by atoms with E-state index in [1.54, 1.807) is 6.92 Å². The zero-order valence-corrected chi connectivity index (χ0v) is 18.0. The average molecular weight is 438 g/mol. The van der Waals surface area contributed by atoms with Crippen LogP contribution in [0.15, 0.2) is 27.6 Å². The van der Waals surface area contributed by atoms with Crippen LogP contribution >= 0.6 is 0 Å². The van der Waals surface area contributed by atoms with Crippen LogP contribution in [-0.4, -0.2) is 49.2 Å². The Kier molecular flexibility index (Phi) is 6.50. The number of sulfonamides is 1. The first-order valence-corrected chi connectivity index (χ1v) is 12.0. The number of benzene rings is 1. The Hall–Kier alpha value is -1.84. The third-order valence-corrected chi connectivity index (χ3v) is 7.94. The van der Waals surface area contributed by atoms with Crippen LogP contribution < -0.4 is 0 Å². The highest BCUT2D eigenvalue weighted by atomic mass is 32.2. The number of piperidine rings is 1. The lowest BCUT2D eigenvalue weighted by atomic mass is 9.94. The Morgan fingerprint density at radius 1 is 1.23 bits per heavy atom. The van der Waals surface area contributed by atoms with Gasteiger partial charge in [0.25, 0.3) is 0 Å². The van der Waals surface area contributed by atoms with Crippen molar-refractivity contribution in [3.05, 3.63) is 41.3 Å². The molecule has 2 aliphatic heterocycles. The van der Waals surface area contributed by atoms with Gasteiger partial charge in [0.05, 0.1) is 4.90 Å². The molecule has 2 aliphatic rings. The monoisotopic (exact) mass is 437 g/mol. The molecule has 0 N–H and O–H groups in total. The summed E-state index contributed by atoms with van der Waals surface area (Å²) in [7, 11) is -3.62. The molecule has 2 fully saturated rings. The highest BCUT2D eigenvalue weighted by molar-refractivity contribution is 7.89. The van der Waals surface area contributed by atoms with E-state index < -0.39 is 15.8 Å². The van der Waals surface area contributed by atoms with Gasteiger partial charge < -0.3 is 9.26 Å². The minimum atomic E-state index is -3.62. The SMILES string of the molecule is Cc1cc(S(=O)(=O)N2CCCC(CCc3noc(C4CCOCC4)n3)C2)ccc1F. The molecule has 9 heteroatoms. The molecule has 4 rings (SSSR count). The molecule has 0 saturated carbocycles. The van der Waals surface area contributed by atoms with Crippen molar-refractivity contribution in [2.24, 2.45) is 5.92 Å². The Morgan fingerprint density at radius 3 is 2.80 bits per heavy atom. The number of rotatable bonds is 6. The summed E-state index contributed by atoms with van der Waals surface area (Å²) >= 11 is 0. The van der Waals surface area contributed by atoms with E-state index in [2.05, 4.69) is 10.1 Å². The number of ether oxygens (including phenoxy) is 1. The van der Waals surface area contributed by atoms with Crippen LogP contribution in [0.1, 0.15) is 55.3 Å². The van der Waals surface area contributed by atoms with Crippen molar-refractivity contribution < 1.29 is 22.1 Å². The third-order valence-electron chi connectivity index (χ3n) is 6.08. The molecule has 2 aromatic rings. The molecule has 1 atom stereocenters. The van der Waals surface area contributed by atoms with Gasteiger partial charge in [-0.15, -0.1) is 0 Å². The fourth-order valence-electron chi connectivity index (χ4n) is 4.22. The molecule has 0 amide bonds. The van der Waals surface area contributed by atoms with Crippen molar-refractivity contribution in [1.82, 2.24) is 14.4 Å². The normalized spacial score (nSPS) is 21.7. The highest BCUT2D eigenvalue weighted by Gasteiger charge is 2.31. The largest absolute Gasteiger partial charge is 0.381 e. The number of nitrogens with zero attached hydrogens (tertiary/aromatic N) is 3. The summed E-state index contributed by atoms with van der Waals surface area (Å²) in [6.45, 7) is 3.98. The van der Waals surface area contributed by atoms with Gasteiger partial charge in [0, 0.05) is 38.6 Å². The summed E-state index contributed by atoms with van der Waals surface area (Å²) in [5.41, 5.74) is 0.335. The Labute approximate surface area is 176 Å². The predicted molar refractivity (Wildman–Crippen MR) is 108 cm³/mol. The van der Waals surface area contributed by atoms with Crippen LogP contribution in [0.25, 0.3) is 0 Å². The molecule has 164 valence electrons. The third kappa shape index (κ3) is 4.73. The van der Waals surface area contributed by atoms with Gasteiger partial charge in [-0.25, -0.2) is 12.8 Å². The summed E-state index contributed by atoms with van der Waals surface area (Å²) in [5.74, 6) is 1.48. The molecule has 3 heterocycles. The second-order valence-corrected chi connectivity index (χ2v) is 10.2. The predicted octanol–water partition coefficient (Wildman–Crippen LogP) is 3.44.